The van der Waals surface area contributed by atoms with Crippen molar-refractivity contribution < 1.29 is 13.2 Å². The molecule has 0 unspecified atom stereocenters. The topological polar surface area (TPSA) is 46.3 Å². The molecule has 2 aliphatic rings. The van der Waals surface area contributed by atoms with Gasteiger partial charge >= 0.3 is 6.18 Å². The Morgan fingerprint density at radius 1 is 0.943 bits per heavy atom. The minimum absolute atomic E-state index is 0.0447. The lowest BCUT2D eigenvalue weighted by Crippen LogP contribution is -2.41. The van der Waals surface area contributed by atoms with Gasteiger partial charge in [0, 0.05) is 36.6 Å². The summed E-state index contributed by atoms with van der Waals surface area (Å²) in [6.07, 6.45) is 4.58. The molecule has 35 heavy (non-hydrogen) atoms. The van der Waals surface area contributed by atoms with Crippen LogP contribution < -0.4 is 4.90 Å². The molecule has 180 valence electrons. The first kappa shape index (κ1) is 22.4. The fourth-order valence-electron chi connectivity index (χ4n) is 5.50. The average Bonchev–Trinajstić information content (AvgIpc) is 3.46. The number of hydrogen-bond donors (Lipinski definition) is 0. The fourth-order valence-corrected chi connectivity index (χ4v) is 6.56. The number of halogens is 3. The van der Waals surface area contributed by atoms with Crippen LogP contribution in [0.3, 0.4) is 0 Å². The SMILES string of the molecule is Cc1nc(N2CCC3(CC2)Cc2ccccc2C3)n2ccnc2c1Sc1cccnc1C(F)(F)F. The van der Waals surface area contributed by atoms with E-state index in [2.05, 4.69) is 39.1 Å². The minimum atomic E-state index is -4.53. The van der Waals surface area contributed by atoms with E-state index in [1.807, 2.05) is 17.5 Å². The maximum Gasteiger partial charge on any atom is 0.434 e. The Kier molecular flexibility index (Phi) is 5.28. The number of piperidine rings is 1. The molecule has 0 saturated carbocycles. The van der Waals surface area contributed by atoms with E-state index in [1.165, 1.54) is 23.3 Å². The summed E-state index contributed by atoms with van der Waals surface area (Å²) in [7, 11) is 0. The predicted molar refractivity (Wildman–Crippen MR) is 129 cm³/mol. The van der Waals surface area contributed by atoms with Crippen LogP contribution in [0.15, 0.2) is 64.8 Å². The van der Waals surface area contributed by atoms with Gasteiger partial charge < -0.3 is 4.90 Å². The van der Waals surface area contributed by atoms with Gasteiger partial charge in [-0.25, -0.2) is 9.97 Å². The fraction of sp³-hybridized carbons (Fsp3) is 0.346. The van der Waals surface area contributed by atoms with E-state index >= 15 is 0 Å². The molecule has 4 aromatic rings. The van der Waals surface area contributed by atoms with Gasteiger partial charge in [0.15, 0.2) is 11.3 Å². The lowest BCUT2D eigenvalue weighted by atomic mass is 9.76. The second-order valence-corrected chi connectivity index (χ2v) is 10.6. The zero-order valence-electron chi connectivity index (χ0n) is 19.2. The molecule has 0 atom stereocenters. The van der Waals surface area contributed by atoms with Crippen LogP contribution in [0.25, 0.3) is 5.65 Å². The number of aromatic nitrogens is 4. The number of fused-ring (bicyclic) bond motifs is 2. The number of rotatable bonds is 3. The van der Waals surface area contributed by atoms with Gasteiger partial charge in [-0.15, -0.1) is 0 Å². The maximum absolute atomic E-state index is 13.5. The third kappa shape index (κ3) is 3.95. The standard InChI is InChI=1S/C26H24F3N5S/c1-17-21(35-20-7-4-10-30-22(20)26(27,28)29)23-31-11-14-34(23)24(32-17)33-12-8-25(9-13-33)15-18-5-2-3-6-19(18)16-25/h2-7,10-11,14H,8-9,12-13,15-16H2,1H3. The molecule has 1 fully saturated rings. The molecule has 9 heteroatoms. The van der Waals surface area contributed by atoms with E-state index in [4.69, 9.17) is 4.98 Å². The monoisotopic (exact) mass is 495 g/mol. The van der Waals surface area contributed by atoms with E-state index in [1.54, 1.807) is 6.20 Å². The third-order valence-electron chi connectivity index (χ3n) is 7.26. The molecule has 1 spiro atoms. The van der Waals surface area contributed by atoms with Gasteiger partial charge in [-0.2, -0.15) is 13.2 Å². The van der Waals surface area contributed by atoms with E-state index in [0.717, 1.165) is 62.7 Å². The van der Waals surface area contributed by atoms with Crippen LogP contribution in [-0.4, -0.2) is 32.4 Å². The van der Waals surface area contributed by atoms with Crippen LogP contribution in [0.1, 0.15) is 35.4 Å². The molecular formula is C26H24F3N5S. The number of nitrogens with zero attached hydrogens (tertiary/aromatic N) is 5. The van der Waals surface area contributed by atoms with Crippen molar-refractivity contribution in [3.63, 3.8) is 0 Å². The lowest BCUT2D eigenvalue weighted by Gasteiger charge is -2.40. The van der Waals surface area contributed by atoms with Crippen LogP contribution in [0, 0.1) is 12.3 Å². The number of pyridine rings is 1. The van der Waals surface area contributed by atoms with Crippen molar-refractivity contribution in [1.29, 1.82) is 0 Å². The number of hydrogen-bond acceptors (Lipinski definition) is 5. The third-order valence-corrected chi connectivity index (χ3v) is 8.49. The first-order chi connectivity index (χ1) is 16.8. The highest BCUT2D eigenvalue weighted by Crippen LogP contribution is 2.46. The first-order valence-corrected chi connectivity index (χ1v) is 12.5. The zero-order valence-corrected chi connectivity index (χ0v) is 20.0. The summed E-state index contributed by atoms with van der Waals surface area (Å²) in [5.74, 6) is 0.798. The van der Waals surface area contributed by atoms with Crippen LogP contribution in [0.4, 0.5) is 19.1 Å². The predicted octanol–water partition coefficient (Wildman–Crippen LogP) is 5.99. The quantitative estimate of drug-likeness (QED) is 0.350. The smallest absolute Gasteiger partial charge is 0.342 e. The number of benzene rings is 1. The first-order valence-electron chi connectivity index (χ1n) is 11.7. The molecular weight excluding hydrogens is 471 g/mol. The zero-order chi connectivity index (χ0) is 24.2. The van der Waals surface area contributed by atoms with Gasteiger partial charge in [-0.3, -0.25) is 9.38 Å². The van der Waals surface area contributed by atoms with Gasteiger partial charge in [0.05, 0.1) is 10.6 Å². The molecule has 3 aromatic heterocycles. The van der Waals surface area contributed by atoms with E-state index in [-0.39, 0.29) is 4.90 Å². The normalized spacial score (nSPS) is 17.3. The maximum atomic E-state index is 13.5. The Labute approximate surface area is 205 Å². The van der Waals surface area contributed by atoms with Crippen molar-refractivity contribution in [2.45, 2.75) is 48.6 Å². The highest BCUT2D eigenvalue weighted by molar-refractivity contribution is 7.99. The molecule has 0 radical (unpaired) electrons. The van der Waals surface area contributed by atoms with E-state index in [9.17, 15) is 13.2 Å². The molecule has 0 N–H and O–H groups in total. The summed E-state index contributed by atoms with van der Waals surface area (Å²) in [5, 5.41) is 0. The number of anilines is 1. The Balaban J connectivity index is 1.28. The molecule has 5 nitrogen and oxygen atoms in total. The highest BCUT2D eigenvalue weighted by atomic mass is 32.2. The van der Waals surface area contributed by atoms with Crippen molar-refractivity contribution in [2.24, 2.45) is 5.41 Å². The molecule has 0 amide bonds. The van der Waals surface area contributed by atoms with Gasteiger partial charge in [-0.1, -0.05) is 36.0 Å². The summed E-state index contributed by atoms with van der Waals surface area (Å²) >= 11 is 1.02. The van der Waals surface area contributed by atoms with Crippen LogP contribution in [0.2, 0.25) is 0 Å². The molecule has 1 aliphatic carbocycles. The highest BCUT2D eigenvalue weighted by Gasteiger charge is 2.40. The van der Waals surface area contributed by atoms with Crippen LogP contribution in [0.5, 0.6) is 0 Å². The Hall–Kier alpha value is -3.07. The summed E-state index contributed by atoms with van der Waals surface area (Å²) in [4.78, 5) is 15.9. The Bertz CT molecular complexity index is 1380. The van der Waals surface area contributed by atoms with Gasteiger partial charge in [0.25, 0.3) is 0 Å². The summed E-state index contributed by atoms with van der Waals surface area (Å²) in [6, 6.07) is 11.7. The van der Waals surface area contributed by atoms with Crippen molar-refractivity contribution in [1.82, 2.24) is 19.4 Å². The van der Waals surface area contributed by atoms with Crippen molar-refractivity contribution in [2.75, 3.05) is 18.0 Å². The second-order valence-electron chi connectivity index (χ2n) is 9.51. The van der Waals surface area contributed by atoms with Crippen LogP contribution in [-0.2, 0) is 19.0 Å². The van der Waals surface area contributed by atoms with Gasteiger partial charge in [0.2, 0.25) is 5.95 Å². The average molecular weight is 496 g/mol. The Morgan fingerprint density at radius 2 is 1.66 bits per heavy atom. The van der Waals surface area contributed by atoms with E-state index in [0.29, 0.717) is 21.7 Å². The summed E-state index contributed by atoms with van der Waals surface area (Å²) in [5.41, 5.74) is 3.64. The molecule has 0 bridgehead atoms. The molecule has 1 aromatic carbocycles. The Morgan fingerprint density at radius 3 is 2.34 bits per heavy atom. The molecule has 1 saturated heterocycles. The van der Waals surface area contributed by atoms with Crippen molar-refractivity contribution >= 4 is 23.4 Å². The second kappa shape index (κ2) is 8.26. The van der Waals surface area contributed by atoms with E-state index < -0.39 is 11.9 Å². The number of alkyl halides is 3. The number of imidazole rings is 1. The molecule has 1 aliphatic heterocycles. The van der Waals surface area contributed by atoms with Gasteiger partial charge in [0.1, 0.15) is 0 Å². The minimum Gasteiger partial charge on any atom is -0.342 e. The lowest BCUT2D eigenvalue weighted by molar-refractivity contribution is -0.143. The molecule has 4 heterocycles. The summed E-state index contributed by atoms with van der Waals surface area (Å²) in [6.45, 7) is 3.62. The van der Waals surface area contributed by atoms with Crippen molar-refractivity contribution in [3.05, 3.63) is 77.5 Å². The largest absolute Gasteiger partial charge is 0.434 e. The molecule has 6 rings (SSSR count). The van der Waals surface area contributed by atoms with Gasteiger partial charge in [-0.05, 0) is 61.3 Å². The number of aryl methyl sites for hydroxylation is 1. The van der Waals surface area contributed by atoms with Crippen LogP contribution >= 0.6 is 11.8 Å². The summed E-state index contributed by atoms with van der Waals surface area (Å²) < 4.78 is 42.4. The van der Waals surface area contributed by atoms with Crippen molar-refractivity contribution in [3.8, 4) is 0 Å².